The van der Waals surface area contributed by atoms with Gasteiger partial charge in [-0.25, -0.2) is 0 Å². The molecule has 21 heavy (non-hydrogen) atoms. The van der Waals surface area contributed by atoms with E-state index in [1.165, 1.54) is 11.3 Å². The minimum atomic E-state index is -0.403. The first-order valence-corrected chi connectivity index (χ1v) is 8.20. The Morgan fingerprint density at radius 1 is 1.24 bits per heavy atom. The van der Waals surface area contributed by atoms with Crippen LogP contribution in [-0.4, -0.2) is 24.3 Å². The molecule has 0 aromatic carbocycles. The van der Waals surface area contributed by atoms with Gasteiger partial charge in [-0.1, -0.05) is 13.8 Å². The summed E-state index contributed by atoms with van der Waals surface area (Å²) in [5.41, 5.74) is 0.286. The molecule has 0 amide bonds. The third kappa shape index (κ3) is 3.17. The number of hydrogen-bond donors (Lipinski definition) is 0. The van der Waals surface area contributed by atoms with Gasteiger partial charge in [-0.2, -0.15) is 0 Å². The van der Waals surface area contributed by atoms with Crippen LogP contribution < -0.4 is 9.51 Å². The maximum absolute atomic E-state index is 11.5. The molecule has 0 saturated carbocycles. The van der Waals surface area contributed by atoms with Crippen molar-refractivity contribution in [3.8, 4) is 5.06 Å². The van der Waals surface area contributed by atoms with Crippen LogP contribution >= 0.6 is 11.3 Å². The van der Waals surface area contributed by atoms with Crippen LogP contribution in [0.15, 0.2) is 6.07 Å². The van der Waals surface area contributed by atoms with Crippen LogP contribution in [-0.2, 0) is 20.5 Å². The van der Waals surface area contributed by atoms with Gasteiger partial charge in [0.05, 0.1) is 11.2 Å². The van der Waals surface area contributed by atoms with Crippen LogP contribution in [0, 0.1) is 0 Å². The van der Waals surface area contributed by atoms with Crippen LogP contribution in [0.25, 0.3) is 0 Å². The van der Waals surface area contributed by atoms with Crippen LogP contribution in [0.1, 0.15) is 53.5 Å². The first kappa shape index (κ1) is 16.5. The molecule has 0 atom stereocenters. The molecule has 0 unspecified atom stereocenters. The number of carbonyl (C=O) groups excluding carboxylic acids is 1. The fraction of sp³-hybridized carbons (Fsp3) is 0.667. The Kier molecular flexibility index (Phi) is 4.52. The highest BCUT2D eigenvalue weighted by Gasteiger charge is 2.52. The topological polar surface area (TPSA) is 44.8 Å². The van der Waals surface area contributed by atoms with Gasteiger partial charge in [0.25, 0.3) is 0 Å². The Morgan fingerprint density at radius 3 is 2.29 bits per heavy atom. The zero-order valence-electron chi connectivity index (χ0n) is 13.6. The van der Waals surface area contributed by atoms with Crippen LogP contribution in [0.4, 0.5) is 0 Å². The average Bonchev–Trinajstić information content (AvgIpc) is 2.88. The summed E-state index contributed by atoms with van der Waals surface area (Å²) in [6.07, 6.45) is 1.18. The molecule has 2 rings (SSSR count). The summed E-state index contributed by atoms with van der Waals surface area (Å²) in [6, 6.07) is 2.02. The van der Waals surface area contributed by atoms with Gasteiger partial charge in [0.2, 0.25) is 0 Å². The van der Waals surface area contributed by atoms with E-state index in [9.17, 15) is 4.79 Å². The van der Waals surface area contributed by atoms with Gasteiger partial charge in [0.15, 0.2) is 5.06 Å². The molecule has 0 radical (unpaired) electrons. The lowest BCUT2D eigenvalue weighted by Crippen LogP contribution is -2.41. The summed E-state index contributed by atoms with van der Waals surface area (Å²) in [7, 11) is -0.403. The van der Waals surface area contributed by atoms with Gasteiger partial charge in [0.1, 0.15) is 0 Å². The Balaban J connectivity index is 2.24. The molecule has 1 aromatic rings. The number of aryl methyl sites for hydroxylation is 1. The first-order chi connectivity index (χ1) is 9.70. The van der Waals surface area contributed by atoms with Gasteiger partial charge in [-0.05, 0) is 40.2 Å². The molecule has 0 spiro atoms. The highest BCUT2D eigenvalue weighted by molar-refractivity contribution is 7.24. The standard InChI is InChI=1S/C15H23BO4S/c1-7-10-9-11(21-13(10)18-12(17)8-2)16-19-14(3,4)15(5,6)20-16/h9H,7-8H2,1-6H3. The van der Waals surface area contributed by atoms with E-state index in [1.807, 2.05) is 40.7 Å². The third-order valence-corrected chi connectivity index (χ3v) is 5.23. The fourth-order valence-electron chi connectivity index (χ4n) is 2.02. The predicted molar refractivity (Wildman–Crippen MR) is 85.3 cm³/mol. The molecule has 1 aliphatic rings. The largest absolute Gasteiger partial charge is 0.505 e. The van der Waals surface area contributed by atoms with Crippen molar-refractivity contribution < 1.29 is 18.8 Å². The van der Waals surface area contributed by atoms with E-state index in [2.05, 4.69) is 0 Å². The number of thiophene rings is 1. The quantitative estimate of drug-likeness (QED) is 0.633. The highest BCUT2D eigenvalue weighted by atomic mass is 32.1. The Morgan fingerprint density at radius 2 is 1.81 bits per heavy atom. The number of esters is 1. The molecular formula is C15H23BO4S. The van der Waals surface area contributed by atoms with E-state index in [1.54, 1.807) is 6.92 Å². The number of ether oxygens (including phenoxy) is 1. The number of hydrogen-bond acceptors (Lipinski definition) is 5. The maximum atomic E-state index is 11.5. The van der Waals surface area contributed by atoms with Crippen molar-refractivity contribution in [3.63, 3.8) is 0 Å². The van der Waals surface area contributed by atoms with E-state index in [0.29, 0.717) is 11.5 Å². The Bertz CT molecular complexity index is 520. The van der Waals surface area contributed by atoms with Gasteiger partial charge in [-0.3, -0.25) is 4.79 Å². The molecule has 1 aromatic heterocycles. The van der Waals surface area contributed by atoms with E-state index >= 15 is 0 Å². The van der Waals surface area contributed by atoms with Crippen molar-refractivity contribution in [1.29, 1.82) is 0 Å². The second kappa shape index (κ2) is 5.74. The summed E-state index contributed by atoms with van der Waals surface area (Å²) in [5, 5.41) is 0.661. The van der Waals surface area contributed by atoms with Gasteiger partial charge >= 0.3 is 13.1 Å². The molecule has 4 nitrogen and oxygen atoms in total. The Labute approximate surface area is 130 Å². The van der Waals surface area contributed by atoms with Crippen molar-refractivity contribution in [1.82, 2.24) is 0 Å². The lowest BCUT2D eigenvalue weighted by atomic mass is 9.87. The van der Waals surface area contributed by atoms with Gasteiger partial charge < -0.3 is 14.0 Å². The molecule has 0 N–H and O–H groups in total. The van der Waals surface area contributed by atoms with Crippen molar-refractivity contribution in [2.24, 2.45) is 0 Å². The van der Waals surface area contributed by atoms with Crippen molar-refractivity contribution in [2.45, 2.75) is 65.6 Å². The van der Waals surface area contributed by atoms with E-state index in [0.717, 1.165) is 16.8 Å². The van der Waals surface area contributed by atoms with E-state index in [-0.39, 0.29) is 17.2 Å². The predicted octanol–water partition coefficient (Wildman–Crippen LogP) is 2.93. The van der Waals surface area contributed by atoms with E-state index in [4.69, 9.17) is 14.0 Å². The second-order valence-electron chi connectivity index (χ2n) is 6.23. The number of rotatable bonds is 4. The van der Waals surface area contributed by atoms with Crippen LogP contribution in [0.2, 0.25) is 0 Å². The SMILES string of the molecule is CCC(=O)Oc1sc(B2OC(C)(C)C(C)(C)O2)cc1CC. The second-order valence-corrected chi connectivity index (χ2v) is 7.28. The fourth-order valence-corrected chi connectivity index (χ4v) is 3.09. The van der Waals surface area contributed by atoms with E-state index < -0.39 is 7.12 Å². The number of carbonyl (C=O) groups is 1. The van der Waals surface area contributed by atoms with Crippen LogP contribution in [0.5, 0.6) is 5.06 Å². The molecule has 1 fully saturated rings. The Hall–Kier alpha value is -0.845. The average molecular weight is 310 g/mol. The van der Waals surface area contributed by atoms with Crippen LogP contribution in [0.3, 0.4) is 0 Å². The maximum Gasteiger partial charge on any atom is 0.505 e. The molecule has 6 heteroatoms. The van der Waals surface area contributed by atoms with Crippen molar-refractivity contribution in [2.75, 3.05) is 0 Å². The third-order valence-electron chi connectivity index (χ3n) is 4.15. The smallest absolute Gasteiger partial charge is 0.415 e. The first-order valence-electron chi connectivity index (χ1n) is 7.39. The summed E-state index contributed by atoms with van der Waals surface area (Å²) < 4.78 is 18.4. The summed E-state index contributed by atoms with van der Waals surface area (Å²) in [5.74, 6) is -0.216. The van der Waals surface area contributed by atoms with Crippen molar-refractivity contribution in [3.05, 3.63) is 11.6 Å². The summed E-state index contributed by atoms with van der Waals surface area (Å²) in [6.45, 7) is 11.9. The monoisotopic (exact) mass is 310 g/mol. The lowest BCUT2D eigenvalue weighted by molar-refractivity contribution is -0.133. The van der Waals surface area contributed by atoms with Crippen molar-refractivity contribution >= 4 is 29.2 Å². The summed E-state index contributed by atoms with van der Waals surface area (Å²) in [4.78, 5) is 11.5. The lowest BCUT2D eigenvalue weighted by Gasteiger charge is -2.32. The van der Waals surface area contributed by atoms with Gasteiger partial charge in [0, 0.05) is 16.8 Å². The zero-order valence-corrected chi connectivity index (χ0v) is 14.4. The normalized spacial score (nSPS) is 19.8. The highest BCUT2D eigenvalue weighted by Crippen LogP contribution is 2.38. The molecule has 116 valence electrons. The molecule has 1 saturated heterocycles. The minimum absolute atomic E-state index is 0.216. The molecule has 2 heterocycles. The molecule has 0 aliphatic carbocycles. The zero-order chi connectivity index (χ0) is 15.8. The molecule has 0 bridgehead atoms. The minimum Gasteiger partial charge on any atom is -0.415 e. The molecule has 1 aliphatic heterocycles. The van der Waals surface area contributed by atoms with Gasteiger partial charge in [-0.15, -0.1) is 11.3 Å². The molecular weight excluding hydrogens is 287 g/mol. The summed E-state index contributed by atoms with van der Waals surface area (Å²) >= 11 is 1.43.